The first-order chi connectivity index (χ1) is 22.0. The molecule has 4 heterocycles. The summed E-state index contributed by atoms with van der Waals surface area (Å²) in [6.45, 7) is 3.07. The highest BCUT2D eigenvalue weighted by atomic mass is 32.2. The van der Waals surface area contributed by atoms with Crippen molar-refractivity contribution >= 4 is 38.1 Å². The number of anilines is 1. The number of nitrogen functional groups attached to an aromatic ring is 1. The normalized spacial score (nSPS) is 12.9. The number of aromatic nitrogens is 7. The number of aryl methyl sites for hydroxylation is 1. The fourth-order valence-electron chi connectivity index (χ4n) is 5.08. The lowest BCUT2D eigenvalue weighted by atomic mass is 10.1. The van der Waals surface area contributed by atoms with E-state index in [0.717, 1.165) is 0 Å². The third-order valence-corrected chi connectivity index (χ3v) is 9.30. The van der Waals surface area contributed by atoms with Crippen LogP contribution in [0.5, 0.6) is 0 Å². The number of hydrogen-bond donors (Lipinski definition) is 3. The average molecular weight is 637 g/mol. The van der Waals surface area contributed by atoms with Gasteiger partial charge in [-0.2, -0.15) is 5.10 Å². The SMILES string of the molecule is CC(N)S(=O)(=O)c1c(C#Cc2cccc3nc([C@@H](C)NC(=O)c4c(N)nn5cccnc45)n(-c4ccccc4)c(=O)c23)cnn1C. The van der Waals surface area contributed by atoms with Crippen molar-refractivity contribution in [1.82, 2.24) is 39.2 Å². The molecule has 15 heteroatoms. The molecule has 0 radical (unpaired) electrons. The molecule has 46 heavy (non-hydrogen) atoms. The van der Waals surface area contributed by atoms with E-state index < -0.39 is 32.7 Å². The molecule has 0 saturated carbocycles. The first-order valence-electron chi connectivity index (χ1n) is 14.0. The van der Waals surface area contributed by atoms with Crippen LogP contribution >= 0.6 is 0 Å². The van der Waals surface area contributed by atoms with E-state index in [1.165, 1.54) is 40.1 Å². The Morgan fingerprint density at radius 1 is 1.02 bits per heavy atom. The van der Waals surface area contributed by atoms with Crippen molar-refractivity contribution in [2.75, 3.05) is 5.73 Å². The van der Waals surface area contributed by atoms with E-state index in [1.807, 2.05) is 6.07 Å². The van der Waals surface area contributed by atoms with Crippen molar-refractivity contribution in [1.29, 1.82) is 0 Å². The maximum absolute atomic E-state index is 14.3. The molecule has 4 aromatic heterocycles. The largest absolute Gasteiger partial charge is 0.381 e. The standard InChI is InChI=1S/C31H28N10O4S/c1-18(36-29(42)25-26(33)38-40-16-8-15-34-28(25)40)27-37-23-12-7-9-20(24(23)30(43)41(27)22-10-5-4-6-11-22)13-14-21-17-35-39(3)31(21)46(44,45)19(2)32/h4-12,15-19H,32H2,1-3H3,(H2,33,38)(H,36,42)/t18-,19?/m1/s1. The zero-order chi connectivity index (χ0) is 32.7. The van der Waals surface area contributed by atoms with Crippen molar-refractivity contribution in [3.05, 3.63) is 106 Å². The van der Waals surface area contributed by atoms with Gasteiger partial charge in [0.25, 0.3) is 11.5 Å². The van der Waals surface area contributed by atoms with Crippen LogP contribution in [0.25, 0.3) is 22.2 Å². The van der Waals surface area contributed by atoms with Gasteiger partial charge >= 0.3 is 0 Å². The van der Waals surface area contributed by atoms with Gasteiger partial charge in [-0.3, -0.25) is 18.8 Å². The van der Waals surface area contributed by atoms with Crippen LogP contribution in [-0.2, 0) is 16.9 Å². The summed E-state index contributed by atoms with van der Waals surface area (Å²) in [6, 6.07) is 14.7. The second-order valence-electron chi connectivity index (χ2n) is 10.5. The number of benzene rings is 2. The minimum absolute atomic E-state index is 0.00373. The topological polar surface area (TPSA) is 198 Å². The van der Waals surface area contributed by atoms with Crippen LogP contribution in [0.1, 0.15) is 47.2 Å². The fraction of sp³-hybridized carbons (Fsp3) is 0.161. The Bertz CT molecular complexity index is 2380. The summed E-state index contributed by atoms with van der Waals surface area (Å²) < 4.78 is 29.8. The maximum Gasteiger partial charge on any atom is 0.267 e. The molecule has 0 aliphatic rings. The summed E-state index contributed by atoms with van der Waals surface area (Å²) >= 11 is 0. The molecule has 2 aromatic carbocycles. The quantitative estimate of drug-likeness (QED) is 0.226. The maximum atomic E-state index is 14.3. The Kier molecular flexibility index (Phi) is 7.60. The Morgan fingerprint density at radius 3 is 2.50 bits per heavy atom. The number of carbonyl (C=O) groups is 1. The number of nitrogens with one attached hydrogen (secondary N) is 1. The smallest absolute Gasteiger partial charge is 0.267 e. The van der Waals surface area contributed by atoms with E-state index >= 15 is 0 Å². The lowest BCUT2D eigenvalue weighted by Gasteiger charge is -2.20. The molecular weight excluding hydrogens is 608 g/mol. The number of amides is 1. The predicted octanol–water partition coefficient (Wildman–Crippen LogP) is 1.71. The van der Waals surface area contributed by atoms with E-state index in [4.69, 9.17) is 16.5 Å². The van der Waals surface area contributed by atoms with Crippen LogP contribution in [-0.4, -0.2) is 53.6 Å². The summed E-state index contributed by atoms with van der Waals surface area (Å²) in [6.07, 6.45) is 4.49. The number of hydrogen-bond acceptors (Lipinski definition) is 10. The Balaban J connectivity index is 1.48. The van der Waals surface area contributed by atoms with Gasteiger partial charge in [0.1, 0.15) is 16.8 Å². The summed E-state index contributed by atoms with van der Waals surface area (Å²) in [5.74, 6) is 5.53. The summed E-state index contributed by atoms with van der Waals surface area (Å²) in [5, 5.41) is 10.0. The van der Waals surface area contributed by atoms with E-state index in [0.29, 0.717) is 16.8 Å². The highest BCUT2D eigenvalue weighted by Gasteiger charge is 2.27. The van der Waals surface area contributed by atoms with Gasteiger partial charge in [-0.1, -0.05) is 36.1 Å². The summed E-state index contributed by atoms with van der Waals surface area (Å²) in [4.78, 5) is 36.8. The molecule has 0 spiro atoms. The second kappa shape index (κ2) is 11.6. The van der Waals surface area contributed by atoms with Gasteiger partial charge < -0.3 is 16.8 Å². The lowest BCUT2D eigenvalue weighted by Crippen LogP contribution is -2.33. The third kappa shape index (κ3) is 5.15. The van der Waals surface area contributed by atoms with Crippen molar-refractivity contribution in [2.24, 2.45) is 12.8 Å². The molecule has 5 N–H and O–H groups in total. The van der Waals surface area contributed by atoms with Gasteiger partial charge in [-0.15, -0.1) is 5.10 Å². The number of fused-ring (bicyclic) bond motifs is 2. The third-order valence-electron chi connectivity index (χ3n) is 7.30. The van der Waals surface area contributed by atoms with Crippen molar-refractivity contribution < 1.29 is 13.2 Å². The number of nitrogens with two attached hydrogens (primary N) is 2. The average Bonchev–Trinajstić information content (AvgIpc) is 3.58. The Hall–Kier alpha value is -5.85. The van der Waals surface area contributed by atoms with Gasteiger partial charge in [0.15, 0.2) is 16.5 Å². The zero-order valence-electron chi connectivity index (χ0n) is 24.9. The highest BCUT2D eigenvalue weighted by Crippen LogP contribution is 2.23. The molecule has 14 nitrogen and oxygen atoms in total. The monoisotopic (exact) mass is 636 g/mol. The van der Waals surface area contributed by atoms with Gasteiger partial charge in [-0.05, 0) is 44.2 Å². The van der Waals surface area contributed by atoms with Gasteiger partial charge in [0.2, 0.25) is 9.84 Å². The first-order valence-corrected chi connectivity index (χ1v) is 15.6. The van der Waals surface area contributed by atoms with Gasteiger partial charge in [0.05, 0.1) is 34.4 Å². The highest BCUT2D eigenvalue weighted by molar-refractivity contribution is 7.92. The fourth-order valence-corrected chi connectivity index (χ4v) is 6.26. The molecular formula is C31H28N10O4S. The lowest BCUT2D eigenvalue weighted by molar-refractivity contribution is 0.0940. The minimum Gasteiger partial charge on any atom is -0.381 e. The molecule has 232 valence electrons. The summed E-state index contributed by atoms with van der Waals surface area (Å²) in [5.41, 5.74) is 13.0. The van der Waals surface area contributed by atoms with Gasteiger partial charge in [-0.25, -0.2) is 22.9 Å². The molecule has 1 unspecified atom stereocenters. The minimum atomic E-state index is -3.90. The second-order valence-corrected chi connectivity index (χ2v) is 12.7. The van der Waals surface area contributed by atoms with Crippen LogP contribution < -0.4 is 22.3 Å². The number of nitrogens with zero attached hydrogens (tertiary/aromatic N) is 7. The van der Waals surface area contributed by atoms with Crippen LogP contribution in [0.15, 0.2) is 83.0 Å². The van der Waals surface area contributed by atoms with Crippen LogP contribution in [0, 0.1) is 11.8 Å². The van der Waals surface area contributed by atoms with Crippen LogP contribution in [0.4, 0.5) is 5.82 Å². The number of carbonyl (C=O) groups excluding carboxylic acids is 1. The molecule has 0 aliphatic carbocycles. The van der Waals surface area contributed by atoms with Crippen molar-refractivity contribution in [3.63, 3.8) is 0 Å². The van der Waals surface area contributed by atoms with Crippen molar-refractivity contribution in [3.8, 4) is 17.5 Å². The zero-order valence-corrected chi connectivity index (χ0v) is 25.7. The van der Waals surface area contributed by atoms with Gasteiger partial charge in [0, 0.05) is 25.0 Å². The summed E-state index contributed by atoms with van der Waals surface area (Å²) in [7, 11) is -2.41. The molecule has 0 saturated heterocycles. The number of para-hydroxylation sites is 1. The Morgan fingerprint density at radius 2 is 1.76 bits per heavy atom. The first kappa shape index (κ1) is 30.2. The Labute approximate surface area is 262 Å². The molecule has 2 atom stereocenters. The molecule has 1 amide bonds. The van der Waals surface area contributed by atoms with E-state index in [2.05, 4.69) is 32.3 Å². The van der Waals surface area contributed by atoms with Crippen LogP contribution in [0.2, 0.25) is 0 Å². The molecule has 0 fully saturated rings. The van der Waals surface area contributed by atoms with E-state index in [9.17, 15) is 18.0 Å². The van der Waals surface area contributed by atoms with E-state index in [-0.39, 0.29) is 38.8 Å². The van der Waals surface area contributed by atoms with Crippen molar-refractivity contribution in [2.45, 2.75) is 30.3 Å². The molecule has 6 aromatic rings. The number of rotatable bonds is 6. The van der Waals surface area contributed by atoms with E-state index in [1.54, 1.807) is 61.7 Å². The molecule has 0 aliphatic heterocycles. The predicted molar refractivity (Wildman–Crippen MR) is 171 cm³/mol. The number of sulfone groups is 1. The molecule has 0 bridgehead atoms. The van der Waals surface area contributed by atoms with Crippen LogP contribution in [0.3, 0.4) is 0 Å². The molecule has 6 rings (SSSR count).